The van der Waals surface area contributed by atoms with Crippen molar-refractivity contribution in [3.63, 3.8) is 0 Å². The standard InChI is InChI=1S/C17H16BrNO3/c1-22-17(21)15(8-9-20)19-14-5-3-2-4-12(14)13-7-6-11(18)10-16(13)19/h2-7,10,15,20H,8-9H2,1H3. The lowest BCUT2D eigenvalue weighted by molar-refractivity contribution is -0.144. The fourth-order valence-electron chi connectivity index (χ4n) is 2.92. The first-order valence-corrected chi connectivity index (χ1v) is 7.83. The van der Waals surface area contributed by atoms with Gasteiger partial charge in [-0.3, -0.25) is 0 Å². The van der Waals surface area contributed by atoms with Crippen LogP contribution in [0.4, 0.5) is 0 Å². The van der Waals surface area contributed by atoms with Gasteiger partial charge in [-0.05, 0) is 18.2 Å². The highest BCUT2D eigenvalue weighted by Gasteiger charge is 2.25. The highest BCUT2D eigenvalue weighted by Crippen LogP contribution is 2.34. The van der Waals surface area contributed by atoms with E-state index in [0.717, 1.165) is 26.3 Å². The van der Waals surface area contributed by atoms with Gasteiger partial charge in [0, 0.05) is 33.8 Å². The summed E-state index contributed by atoms with van der Waals surface area (Å²) in [5.74, 6) is -0.350. The maximum absolute atomic E-state index is 12.2. The SMILES string of the molecule is COC(=O)C(CCO)n1c2ccccc2c2ccc(Br)cc21. The molecular weight excluding hydrogens is 346 g/mol. The van der Waals surface area contributed by atoms with Crippen LogP contribution in [0.25, 0.3) is 21.8 Å². The summed E-state index contributed by atoms with van der Waals surface area (Å²) in [6.45, 7) is -0.0816. The number of hydrogen-bond acceptors (Lipinski definition) is 3. The molecule has 114 valence electrons. The largest absolute Gasteiger partial charge is 0.467 e. The van der Waals surface area contributed by atoms with Gasteiger partial charge >= 0.3 is 5.97 Å². The Kier molecular flexibility index (Phi) is 4.18. The van der Waals surface area contributed by atoms with Crippen LogP contribution in [0.5, 0.6) is 0 Å². The van der Waals surface area contributed by atoms with E-state index in [1.807, 2.05) is 47.0 Å². The molecule has 3 rings (SSSR count). The van der Waals surface area contributed by atoms with Gasteiger partial charge in [-0.1, -0.05) is 40.2 Å². The van der Waals surface area contributed by atoms with Crippen LogP contribution < -0.4 is 0 Å². The minimum Gasteiger partial charge on any atom is -0.467 e. The van der Waals surface area contributed by atoms with E-state index in [-0.39, 0.29) is 12.6 Å². The maximum atomic E-state index is 12.2. The fourth-order valence-corrected chi connectivity index (χ4v) is 3.27. The third kappa shape index (κ3) is 2.40. The molecule has 0 aliphatic rings. The van der Waals surface area contributed by atoms with E-state index < -0.39 is 6.04 Å². The minimum atomic E-state index is -0.549. The van der Waals surface area contributed by atoms with Crippen LogP contribution in [-0.2, 0) is 9.53 Å². The molecule has 0 aliphatic heterocycles. The number of carbonyl (C=O) groups excluding carboxylic acids is 1. The van der Waals surface area contributed by atoms with Gasteiger partial charge in [0.15, 0.2) is 0 Å². The number of carbonyl (C=O) groups is 1. The van der Waals surface area contributed by atoms with E-state index in [1.54, 1.807) is 0 Å². The van der Waals surface area contributed by atoms with Crippen molar-refractivity contribution in [3.05, 3.63) is 46.9 Å². The number of para-hydroxylation sites is 1. The van der Waals surface area contributed by atoms with Crippen LogP contribution in [0, 0.1) is 0 Å². The van der Waals surface area contributed by atoms with E-state index in [4.69, 9.17) is 4.74 Å². The zero-order valence-corrected chi connectivity index (χ0v) is 13.7. The number of nitrogens with zero attached hydrogens (tertiary/aromatic N) is 1. The monoisotopic (exact) mass is 361 g/mol. The molecule has 22 heavy (non-hydrogen) atoms. The molecule has 0 saturated carbocycles. The molecule has 0 aliphatic carbocycles. The third-order valence-electron chi connectivity index (χ3n) is 3.86. The predicted molar refractivity (Wildman–Crippen MR) is 89.9 cm³/mol. The molecule has 0 spiro atoms. The lowest BCUT2D eigenvalue weighted by atomic mass is 10.2. The first-order valence-electron chi connectivity index (χ1n) is 7.04. The Hall–Kier alpha value is -1.85. The number of aliphatic hydroxyl groups excluding tert-OH is 1. The van der Waals surface area contributed by atoms with Crippen molar-refractivity contribution in [2.45, 2.75) is 12.5 Å². The van der Waals surface area contributed by atoms with Crippen LogP contribution in [0.3, 0.4) is 0 Å². The first kappa shape index (κ1) is 15.1. The van der Waals surface area contributed by atoms with Crippen LogP contribution in [0.2, 0.25) is 0 Å². The molecule has 4 nitrogen and oxygen atoms in total. The molecule has 0 fully saturated rings. The van der Waals surface area contributed by atoms with Gasteiger partial charge in [-0.15, -0.1) is 0 Å². The highest BCUT2D eigenvalue weighted by molar-refractivity contribution is 9.10. The zero-order chi connectivity index (χ0) is 15.7. The second kappa shape index (κ2) is 6.10. The molecule has 3 aromatic rings. The second-order valence-electron chi connectivity index (χ2n) is 5.10. The Bertz CT molecular complexity index is 840. The summed E-state index contributed by atoms with van der Waals surface area (Å²) in [5.41, 5.74) is 1.90. The maximum Gasteiger partial charge on any atom is 0.328 e. The number of esters is 1. The molecule has 0 amide bonds. The number of benzene rings is 2. The lowest BCUT2D eigenvalue weighted by Crippen LogP contribution is -2.22. The van der Waals surface area contributed by atoms with Crippen molar-refractivity contribution in [1.29, 1.82) is 0 Å². The quantitative estimate of drug-likeness (QED) is 0.721. The highest BCUT2D eigenvalue weighted by atomic mass is 79.9. The number of ether oxygens (including phenoxy) is 1. The Morgan fingerprint density at radius 2 is 1.95 bits per heavy atom. The topological polar surface area (TPSA) is 51.5 Å². The molecule has 5 heteroatoms. The second-order valence-corrected chi connectivity index (χ2v) is 6.02. The molecule has 1 heterocycles. The zero-order valence-electron chi connectivity index (χ0n) is 12.1. The van der Waals surface area contributed by atoms with Gasteiger partial charge in [0.25, 0.3) is 0 Å². The van der Waals surface area contributed by atoms with Gasteiger partial charge in [-0.25, -0.2) is 4.79 Å². The first-order chi connectivity index (χ1) is 10.7. The third-order valence-corrected chi connectivity index (χ3v) is 4.35. The van der Waals surface area contributed by atoms with Gasteiger partial charge in [0.05, 0.1) is 12.6 Å². The Morgan fingerprint density at radius 3 is 2.68 bits per heavy atom. The van der Waals surface area contributed by atoms with Crippen molar-refractivity contribution >= 4 is 43.7 Å². The fraction of sp³-hybridized carbons (Fsp3) is 0.235. The van der Waals surface area contributed by atoms with Gasteiger partial charge in [0.1, 0.15) is 6.04 Å². The van der Waals surface area contributed by atoms with E-state index in [1.165, 1.54) is 7.11 Å². The molecule has 1 aromatic heterocycles. The number of aromatic nitrogens is 1. The van der Waals surface area contributed by atoms with Crippen LogP contribution in [0.1, 0.15) is 12.5 Å². The molecule has 0 radical (unpaired) electrons. The van der Waals surface area contributed by atoms with E-state index >= 15 is 0 Å². The van der Waals surface area contributed by atoms with E-state index in [9.17, 15) is 9.90 Å². The Balaban J connectivity index is 2.37. The van der Waals surface area contributed by atoms with Crippen molar-refractivity contribution in [1.82, 2.24) is 4.57 Å². The van der Waals surface area contributed by atoms with Gasteiger partial charge in [-0.2, -0.15) is 0 Å². The van der Waals surface area contributed by atoms with E-state index in [0.29, 0.717) is 6.42 Å². The van der Waals surface area contributed by atoms with Crippen molar-refractivity contribution in [2.75, 3.05) is 13.7 Å². The normalized spacial score (nSPS) is 12.7. The summed E-state index contributed by atoms with van der Waals surface area (Å²) in [5, 5.41) is 11.5. The van der Waals surface area contributed by atoms with Crippen molar-refractivity contribution in [3.8, 4) is 0 Å². The summed E-state index contributed by atoms with van der Waals surface area (Å²) in [7, 11) is 1.37. The molecule has 1 atom stereocenters. The van der Waals surface area contributed by atoms with E-state index in [2.05, 4.69) is 15.9 Å². The van der Waals surface area contributed by atoms with Crippen molar-refractivity contribution < 1.29 is 14.6 Å². The summed E-state index contributed by atoms with van der Waals surface area (Å²) >= 11 is 3.49. The smallest absolute Gasteiger partial charge is 0.328 e. The number of fused-ring (bicyclic) bond motifs is 3. The number of rotatable bonds is 4. The van der Waals surface area contributed by atoms with Crippen LogP contribution >= 0.6 is 15.9 Å². The minimum absolute atomic E-state index is 0.0816. The Morgan fingerprint density at radius 1 is 1.23 bits per heavy atom. The summed E-state index contributed by atoms with van der Waals surface area (Å²) in [6, 6.07) is 13.4. The average Bonchev–Trinajstić information content (AvgIpc) is 2.85. The summed E-state index contributed by atoms with van der Waals surface area (Å²) in [6.07, 6.45) is 0.312. The molecule has 1 N–H and O–H groups in total. The lowest BCUT2D eigenvalue weighted by Gasteiger charge is -2.18. The molecule has 1 unspecified atom stereocenters. The summed E-state index contributed by atoms with van der Waals surface area (Å²) < 4.78 is 7.83. The molecule has 0 saturated heterocycles. The molecule has 0 bridgehead atoms. The summed E-state index contributed by atoms with van der Waals surface area (Å²) in [4.78, 5) is 12.2. The number of methoxy groups -OCH3 is 1. The van der Waals surface area contributed by atoms with Crippen LogP contribution in [-0.4, -0.2) is 29.4 Å². The number of hydrogen-bond donors (Lipinski definition) is 1. The average molecular weight is 362 g/mol. The van der Waals surface area contributed by atoms with Crippen molar-refractivity contribution in [2.24, 2.45) is 0 Å². The van der Waals surface area contributed by atoms with Gasteiger partial charge in [0.2, 0.25) is 0 Å². The Labute approximate surface area is 136 Å². The number of halogens is 1. The molecule has 2 aromatic carbocycles. The predicted octanol–water partition coefficient (Wildman–Crippen LogP) is 3.65. The van der Waals surface area contributed by atoms with Gasteiger partial charge < -0.3 is 14.4 Å². The van der Waals surface area contributed by atoms with Crippen LogP contribution in [0.15, 0.2) is 46.9 Å². The number of aliphatic hydroxyl groups is 1. The molecular formula is C17H16BrNO3.